The zero-order valence-electron chi connectivity index (χ0n) is 14.6. The lowest BCUT2D eigenvalue weighted by molar-refractivity contribution is 0.0518. The molecule has 0 bridgehead atoms. The van der Waals surface area contributed by atoms with Crippen LogP contribution in [0, 0.1) is 5.92 Å². The third-order valence-corrected chi connectivity index (χ3v) is 4.25. The zero-order chi connectivity index (χ0) is 16.7. The van der Waals surface area contributed by atoms with E-state index in [2.05, 4.69) is 34.9 Å². The summed E-state index contributed by atoms with van der Waals surface area (Å²) in [5, 5.41) is 6.55. The summed E-state index contributed by atoms with van der Waals surface area (Å²) in [6.07, 6.45) is 4.73. The van der Waals surface area contributed by atoms with E-state index < -0.39 is 5.60 Å². The molecule has 1 aliphatic carbocycles. The van der Waals surface area contributed by atoms with Crippen molar-refractivity contribution in [2.24, 2.45) is 5.92 Å². The van der Waals surface area contributed by atoms with Crippen LogP contribution in [0.15, 0.2) is 30.3 Å². The fraction of sp³-hybridized carbons (Fsp3) is 0.632. The molecule has 0 radical (unpaired) electrons. The molecule has 4 heteroatoms. The first-order chi connectivity index (χ1) is 10.9. The summed E-state index contributed by atoms with van der Waals surface area (Å²) in [6, 6.07) is 10.7. The molecular weight excluding hydrogens is 288 g/mol. The number of benzene rings is 1. The van der Waals surface area contributed by atoms with Crippen molar-refractivity contribution in [2.45, 2.75) is 64.6 Å². The third-order valence-electron chi connectivity index (χ3n) is 4.25. The SMILES string of the molecule is CC(C)(C)OC(=O)NCC(NCc1ccccc1)C1CCCC1. The van der Waals surface area contributed by atoms with Gasteiger partial charge in [-0.25, -0.2) is 4.79 Å². The molecule has 0 saturated heterocycles. The van der Waals surface area contributed by atoms with Crippen LogP contribution in [0.2, 0.25) is 0 Å². The topological polar surface area (TPSA) is 50.4 Å². The number of hydrogen-bond donors (Lipinski definition) is 2. The number of carbonyl (C=O) groups excluding carboxylic acids is 1. The molecule has 1 saturated carbocycles. The number of rotatable bonds is 6. The van der Waals surface area contributed by atoms with Gasteiger partial charge >= 0.3 is 6.09 Å². The molecule has 1 fully saturated rings. The van der Waals surface area contributed by atoms with E-state index in [4.69, 9.17) is 4.74 Å². The first-order valence-corrected chi connectivity index (χ1v) is 8.68. The maximum absolute atomic E-state index is 11.9. The van der Waals surface area contributed by atoms with Gasteiger partial charge in [0.05, 0.1) is 0 Å². The van der Waals surface area contributed by atoms with Crippen molar-refractivity contribution in [2.75, 3.05) is 6.54 Å². The van der Waals surface area contributed by atoms with Crippen LogP contribution in [0.3, 0.4) is 0 Å². The maximum atomic E-state index is 11.9. The average molecular weight is 318 g/mol. The number of nitrogens with one attached hydrogen (secondary N) is 2. The first-order valence-electron chi connectivity index (χ1n) is 8.68. The van der Waals surface area contributed by atoms with Crippen LogP contribution in [-0.4, -0.2) is 24.3 Å². The lowest BCUT2D eigenvalue weighted by Crippen LogP contribution is -2.45. The number of amides is 1. The van der Waals surface area contributed by atoms with Crippen molar-refractivity contribution in [1.29, 1.82) is 0 Å². The predicted molar refractivity (Wildman–Crippen MR) is 93.3 cm³/mol. The van der Waals surface area contributed by atoms with Gasteiger partial charge in [0, 0.05) is 19.1 Å². The highest BCUT2D eigenvalue weighted by Crippen LogP contribution is 2.27. The fourth-order valence-corrected chi connectivity index (χ4v) is 3.12. The van der Waals surface area contributed by atoms with Gasteiger partial charge in [-0.3, -0.25) is 0 Å². The smallest absolute Gasteiger partial charge is 0.407 e. The molecule has 0 spiro atoms. The van der Waals surface area contributed by atoms with Crippen LogP contribution in [0.5, 0.6) is 0 Å². The first kappa shape index (κ1) is 17.8. The number of ether oxygens (including phenoxy) is 1. The van der Waals surface area contributed by atoms with Gasteiger partial charge in [-0.15, -0.1) is 0 Å². The second kappa shape index (κ2) is 8.34. The summed E-state index contributed by atoms with van der Waals surface area (Å²) in [5.74, 6) is 0.633. The second-order valence-electron chi connectivity index (χ2n) is 7.40. The van der Waals surface area contributed by atoms with Crippen molar-refractivity contribution in [3.05, 3.63) is 35.9 Å². The van der Waals surface area contributed by atoms with E-state index in [0.29, 0.717) is 18.5 Å². The van der Waals surface area contributed by atoms with Gasteiger partial charge in [0.25, 0.3) is 0 Å². The van der Waals surface area contributed by atoms with Gasteiger partial charge in [-0.1, -0.05) is 43.2 Å². The molecule has 128 valence electrons. The summed E-state index contributed by atoms with van der Waals surface area (Å²) in [7, 11) is 0. The van der Waals surface area contributed by atoms with Crippen LogP contribution in [0.25, 0.3) is 0 Å². The van der Waals surface area contributed by atoms with Crippen molar-refractivity contribution < 1.29 is 9.53 Å². The molecule has 0 aromatic heterocycles. The third kappa shape index (κ3) is 6.61. The molecule has 1 amide bonds. The number of alkyl carbamates (subject to hydrolysis) is 1. The Morgan fingerprint density at radius 2 is 1.87 bits per heavy atom. The van der Waals surface area contributed by atoms with E-state index in [-0.39, 0.29) is 6.09 Å². The van der Waals surface area contributed by atoms with Crippen LogP contribution in [0.4, 0.5) is 4.79 Å². The molecule has 0 aliphatic heterocycles. The monoisotopic (exact) mass is 318 g/mol. The van der Waals surface area contributed by atoms with E-state index in [1.807, 2.05) is 26.8 Å². The van der Waals surface area contributed by atoms with E-state index in [1.54, 1.807) is 0 Å². The fourth-order valence-electron chi connectivity index (χ4n) is 3.12. The van der Waals surface area contributed by atoms with Crippen molar-refractivity contribution in [3.8, 4) is 0 Å². The minimum Gasteiger partial charge on any atom is -0.444 e. The molecule has 1 unspecified atom stereocenters. The predicted octanol–water partition coefficient (Wildman–Crippen LogP) is 3.86. The second-order valence-corrected chi connectivity index (χ2v) is 7.40. The summed E-state index contributed by atoms with van der Waals surface area (Å²) in [4.78, 5) is 11.9. The highest BCUT2D eigenvalue weighted by molar-refractivity contribution is 5.67. The molecule has 1 aromatic carbocycles. The Kier molecular flexibility index (Phi) is 6.46. The standard InChI is InChI=1S/C19H30N2O2/c1-19(2,3)23-18(22)21-14-17(16-11-7-8-12-16)20-13-15-9-5-4-6-10-15/h4-6,9-10,16-17,20H,7-8,11-14H2,1-3H3,(H,21,22). The lowest BCUT2D eigenvalue weighted by Gasteiger charge is -2.26. The summed E-state index contributed by atoms with van der Waals surface area (Å²) in [5.41, 5.74) is 0.817. The highest BCUT2D eigenvalue weighted by Gasteiger charge is 2.26. The van der Waals surface area contributed by atoms with E-state index in [1.165, 1.54) is 31.2 Å². The Bertz CT molecular complexity index is 476. The minimum absolute atomic E-state index is 0.297. The Labute approximate surface area is 140 Å². The molecular formula is C19H30N2O2. The average Bonchev–Trinajstić information content (AvgIpc) is 3.00. The summed E-state index contributed by atoms with van der Waals surface area (Å²) >= 11 is 0. The molecule has 2 rings (SSSR count). The largest absolute Gasteiger partial charge is 0.444 e. The normalized spacial score (nSPS) is 17.0. The zero-order valence-corrected chi connectivity index (χ0v) is 14.6. The van der Waals surface area contributed by atoms with Crippen LogP contribution >= 0.6 is 0 Å². The molecule has 4 nitrogen and oxygen atoms in total. The van der Waals surface area contributed by atoms with E-state index in [0.717, 1.165) is 6.54 Å². The molecule has 1 atom stereocenters. The quantitative estimate of drug-likeness (QED) is 0.837. The summed E-state index contributed by atoms with van der Waals surface area (Å²) < 4.78 is 5.34. The Hall–Kier alpha value is -1.55. The number of hydrogen-bond acceptors (Lipinski definition) is 3. The van der Waals surface area contributed by atoms with Crippen molar-refractivity contribution in [1.82, 2.24) is 10.6 Å². The lowest BCUT2D eigenvalue weighted by atomic mass is 9.97. The Morgan fingerprint density at radius 1 is 1.22 bits per heavy atom. The maximum Gasteiger partial charge on any atom is 0.407 e. The van der Waals surface area contributed by atoms with Gasteiger partial charge in [-0.2, -0.15) is 0 Å². The van der Waals surface area contributed by atoms with Crippen molar-refractivity contribution >= 4 is 6.09 Å². The highest BCUT2D eigenvalue weighted by atomic mass is 16.6. The van der Waals surface area contributed by atoms with Gasteiger partial charge in [0.15, 0.2) is 0 Å². The van der Waals surface area contributed by atoms with Crippen LogP contribution < -0.4 is 10.6 Å². The van der Waals surface area contributed by atoms with E-state index in [9.17, 15) is 4.79 Å². The van der Waals surface area contributed by atoms with Gasteiger partial charge < -0.3 is 15.4 Å². The molecule has 23 heavy (non-hydrogen) atoms. The molecule has 0 heterocycles. The van der Waals surface area contributed by atoms with E-state index >= 15 is 0 Å². The summed E-state index contributed by atoms with van der Waals surface area (Å²) in [6.45, 7) is 7.10. The molecule has 2 N–H and O–H groups in total. The number of carbonyl (C=O) groups is 1. The Balaban J connectivity index is 1.85. The Morgan fingerprint density at radius 3 is 2.48 bits per heavy atom. The van der Waals surface area contributed by atoms with Gasteiger partial charge in [0.2, 0.25) is 0 Å². The minimum atomic E-state index is -0.454. The van der Waals surface area contributed by atoms with Crippen LogP contribution in [-0.2, 0) is 11.3 Å². The van der Waals surface area contributed by atoms with Gasteiger partial charge in [0.1, 0.15) is 5.60 Å². The van der Waals surface area contributed by atoms with Gasteiger partial charge in [-0.05, 0) is 45.1 Å². The molecule has 1 aliphatic rings. The molecule has 1 aromatic rings. The van der Waals surface area contributed by atoms with Crippen LogP contribution in [0.1, 0.15) is 52.0 Å². The van der Waals surface area contributed by atoms with Crippen molar-refractivity contribution in [3.63, 3.8) is 0 Å².